The molecule has 2 N–H and O–H groups in total. The molecule has 2 aromatic carbocycles. The molecular formula is C16H19NO3S. The van der Waals surface area contributed by atoms with Crippen molar-refractivity contribution in [2.24, 2.45) is 0 Å². The topological polar surface area (TPSA) is 66.4 Å². The average molecular weight is 305 g/mol. The summed E-state index contributed by atoms with van der Waals surface area (Å²) in [5.74, 6) is 0. The van der Waals surface area contributed by atoms with Crippen molar-refractivity contribution in [3.63, 3.8) is 0 Å². The van der Waals surface area contributed by atoms with E-state index >= 15 is 0 Å². The highest BCUT2D eigenvalue weighted by atomic mass is 32.2. The lowest BCUT2D eigenvalue weighted by Crippen LogP contribution is -2.27. The van der Waals surface area contributed by atoms with Crippen molar-refractivity contribution in [3.8, 4) is 0 Å². The highest BCUT2D eigenvalue weighted by Crippen LogP contribution is 2.18. The summed E-state index contributed by atoms with van der Waals surface area (Å²) in [5.41, 5.74) is 2.60. The van der Waals surface area contributed by atoms with Gasteiger partial charge >= 0.3 is 0 Å². The number of rotatable bonds is 5. The zero-order valence-electron chi connectivity index (χ0n) is 12.1. The Morgan fingerprint density at radius 1 is 1.14 bits per heavy atom. The Hall–Kier alpha value is -1.69. The highest BCUT2D eigenvalue weighted by Gasteiger charge is 2.18. The molecule has 0 aromatic heterocycles. The first-order valence-corrected chi connectivity index (χ1v) is 8.19. The Labute approximate surface area is 125 Å². The number of aliphatic hydroxyl groups is 1. The van der Waals surface area contributed by atoms with Crippen molar-refractivity contribution in [1.82, 2.24) is 4.72 Å². The molecule has 2 rings (SSSR count). The Bertz CT molecular complexity index is 709. The minimum absolute atomic E-state index is 0.160. The van der Waals surface area contributed by atoms with Crippen molar-refractivity contribution in [2.45, 2.75) is 31.4 Å². The summed E-state index contributed by atoms with van der Waals surface area (Å²) in [5, 5.41) is 9.10. The van der Waals surface area contributed by atoms with E-state index in [0.29, 0.717) is 5.56 Å². The molecule has 21 heavy (non-hydrogen) atoms. The molecular weight excluding hydrogens is 286 g/mol. The summed E-state index contributed by atoms with van der Waals surface area (Å²) in [7, 11) is -3.61. The van der Waals surface area contributed by atoms with Crippen LogP contribution in [0.2, 0.25) is 0 Å². The van der Waals surface area contributed by atoms with Crippen LogP contribution in [-0.2, 0) is 16.6 Å². The lowest BCUT2D eigenvalue weighted by atomic mass is 10.1. The zero-order chi connectivity index (χ0) is 15.5. The number of benzene rings is 2. The molecule has 2 aromatic rings. The van der Waals surface area contributed by atoms with Gasteiger partial charge in [0.25, 0.3) is 0 Å². The lowest BCUT2D eigenvalue weighted by molar-refractivity contribution is 0.281. The summed E-state index contributed by atoms with van der Waals surface area (Å²) in [6.07, 6.45) is 0. The summed E-state index contributed by atoms with van der Waals surface area (Å²) >= 11 is 0. The third-order valence-electron chi connectivity index (χ3n) is 3.30. The molecule has 0 amide bonds. The van der Waals surface area contributed by atoms with Crippen molar-refractivity contribution >= 4 is 10.0 Å². The number of nitrogens with one attached hydrogen (secondary N) is 1. The Morgan fingerprint density at radius 3 is 2.43 bits per heavy atom. The average Bonchev–Trinajstić information content (AvgIpc) is 2.47. The third-order valence-corrected chi connectivity index (χ3v) is 4.84. The summed E-state index contributed by atoms with van der Waals surface area (Å²) in [6.45, 7) is 3.61. The van der Waals surface area contributed by atoms with E-state index in [-0.39, 0.29) is 17.5 Å². The minimum atomic E-state index is -3.61. The molecule has 0 aliphatic rings. The number of aliphatic hydroxyl groups excluding tert-OH is 1. The Kier molecular flexibility index (Phi) is 4.77. The zero-order valence-corrected chi connectivity index (χ0v) is 12.9. The predicted octanol–water partition coefficient (Wildman–Crippen LogP) is 2.53. The van der Waals surface area contributed by atoms with Gasteiger partial charge in [-0.15, -0.1) is 0 Å². The molecule has 1 unspecified atom stereocenters. The summed E-state index contributed by atoms with van der Waals surface area (Å²) < 4.78 is 27.4. The van der Waals surface area contributed by atoms with E-state index in [2.05, 4.69) is 4.72 Å². The molecule has 0 aliphatic heterocycles. The van der Waals surface area contributed by atoms with Crippen LogP contribution in [0.5, 0.6) is 0 Å². The van der Waals surface area contributed by atoms with Gasteiger partial charge in [-0.1, -0.05) is 42.0 Å². The fourth-order valence-corrected chi connectivity index (χ4v) is 3.34. The fraction of sp³-hybridized carbons (Fsp3) is 0.250. The largest absolute Gasteiger partial charge is 0.392 e. The van der Waals surface area contributed by atoms with Crippen LogP contribution in [0.4, 0.5) is 0 Å². The maximum Gasteiger partial charge on any atom is 0.241 e. The van der Waals surface area contributed by atoms with Crippen LogP contribution < -0.4 is 4.72 Å². The van der Waals surface area contributed by atoms with Crippen molar-refractivity contribution < 1.29 is 13.5 Å². The van der Waals surface area contributed by atoms with Crippen LogP contribution >= 0.6 is 0 Å². The van der Waals surface area contributed by atoms with Gasteiger partial charge in [0.2, 0.25) is 10.0 Å². The minimum Gasteiger partial charge on any atom is -0.392 e. The molecule has 4 nitrogen and oxygen atoms in total. The lowest BCUT2D eigenvalue weighted by Gasteiger charge is -2.15. The van der Waals surface area contributed by atoms with Crippen LogP contribution in [0.15, 0.2) is 53.4 Å². The van der Waals surface area contributed by atoms with Crippen LogP contribution in [-0.4, -0.2) is 13.5 Å². The first-order valence-electron chi connectivity index (χ1n) is 6.71. The quantitative estimate of drug-likeness (QED) is 0.892. The van der Waals surface area contributed by atoms with E-state index < -0.39 is 10.0 Å². The number of hydrogen-bond donors (Lipinski definition) is 2. The molecule has 5 heteroatoms. The van der Waals surface area contributed by atoms with Gasteiger partial charge in [0, 0.05) is 6.04 Å². The van der Waals surface area contributed by atoms with Gasteiger partial charge in [-0.3, -0.25) is 0 Å². The van der Waals surface area contributed by atoms with Gasteiger partial charge in [0.05, 0.1) is 11.5 Å². The van der Waals surface area contributed by atoms with Gasteiger partial charge in [0.15, 0.2) is 0 Å². The fourth-order valence-electron chi connectivity index (χ4n) is 2.03. The van der Waals surface area contributed by atoms with E-state index in [1.54, 1.807) is 19.1 Å². The van der Waals surface area contributed by atoms with Crippen LogP contribution in [0, 0.1) is 6.92 Å². The van der Waals surface area contributed by atoms with Gasteiger partial charge in [-0.25, -0.2) is 13.1 Å². The monoisotopic (exact) mass is 305 g/mol. The van der Waals surface area contributed by atoms with Crippen molar-refractivity contribution in [1.29, 1.82) is 0 Å². The van der Waals surface area contributed by atoms with Crippen molar-refractivity contribution in [2.75, 3.05) is 0 Å². The predicted molar refractivity (Wildman–Crippen MR) is 82.3 cm³/mol. The number of hydrogen-bond acceptors (Lipinski definition) is 3. The highest BCUT2D eigenvalue weighted by molar-refractivity contribution is 7.89. The molecule has 112 valence electrons. The molecule has 1 atom stereocenters. The first-order chi connectivity index (χ1) is 9.92. The standard InChI is InChI=1S/C16H19NO3S/c1-12-6-8-15(9-7-12)13(2)17-21(19,20)16-5-3-4-14(10-16)11-18/h3-10,13,17-18H,11H2,1-2H3. The molecule has 0 spiro atoms. The molecule has 0 saturated carbocycles. The van der Waals surface area contributed by atoms with E-state index in [9.17, 15) is 8.42 Å². The van der Waals surface area contributed by atoms with Crippen LogP contribution in [0.1, 0.15) is 29.7 Å². The Morgan fingerprint density at radius 2 is 1.81 bits per heavy atom. The van der Waals surface area contributed by atoms with Gasteiger partial charge in [0.1, 0.15) is 0 Å². The molecule has 0 bridgehead atoms. The second kappa shape index (κ2) is 6.39. The van der Waals surface area contributed by atoms with E-state index in [1.165, 1.54) is 12.1 Å². The van der Waals surface area contributed by atoms with Gasteiger partial charge in [-0.05, 0) is 37.1 Å². The van der Waals surface area contributed by atoms with Crippen LogP contribution in [0.25, 0.3) is 0 Å². The van der Waals surface area contributed by atoms with E-state index in [1.807, 2.05) is 31.2 Å². The van der Waals surface area contributed by atoms with E-state index in [4.69, 9.17) is 5.11 Å². The molecule has 0 heterocycles. The van der Waals surface area contributed by atoms with Crippen LogP contribution in [0.3, 0.4) is 0 Å². The smallest absolute Gasteiger partial charge is 0.241 e. The maximum atomic E-state index is 12.4. The number of sulfonamides is 1. The summed E-state index contributed by atoms with van der Waals surface area (Å²) in [4.78, 5) is 0.160. The maximum absolute atomic E-state index is 12.4. The second-order valence-corrected chi connectivity index (χ2v) is 6.77. The van der Waals surface area contributed by atoms with E-state index in [0.717, 1.165) is 11.1 Å². The molecule has 0 fully saturated rings. The van der Waals surface area contributed by atoms with Gasteiger partial charge in [-0.2, -0.15) is 0 Å². The van der Waals surface area contributed by atoms with Crippen molar-refractivity contribution in [3.05, 3.63) is 65.2 Å². The second-order valence-electron chi connectivity index (χ2n) is 5.06. The Balaban J connectivity index is 2.22. The number of aryl methyl sites for hydroxylation is 1. The third kappa shape index (κ3) is 3.91. The van der Waals surface area contributed by atoms with Gasteiger partial charge < -0.3 is 5.11 Å². The molecule has 0 aliphatic carbocycles. The molecule has 0 radical (unpaired) electrons. The molecule has 0 saturated heterocycles. The normalized spacial score (nSPS) is 13.1. The summed E-state index contributed by atoms with van der Waals surface area (Å²) in [6, 6.07) is 13.7. The first kappa shape index (κ1) is 15.7. The SMILES string of the molecule is Cc1ccc(C(C)NS(=O)(=O)c2cccc(CO)c2)cc1.